The summed E-state index contributed by atoms with van der Waals surface area (Å²) in [6, 6.07) is 9.41. The molecule has 0 amide bonds. The smallest absolute Gasteiger partial charge is 0.0415 e. The SMILES string of the molecule is CCCNC(C)c1ccccc1N1CC2(CCCC2)C1. The number of anilines is 1. The Kier molecular flexibility index (Phi) is 4.02. The quantitative estimate of drug-likeness (QED) is 0.867. The normalized spacial score (nSPS) is 22.0. The van der Waals surface area contributed by atoms with Crippen LogP contribution < -0.4 is 10.2 Å². The second kappa shape index (κ2) is 5.77. The van der Waals surface area contributed by atoms with Gasteiger partial charge in [-0.1, -0.05) is 38.0 Å². The molecule has 1 unspecified atom stereocenters. The van der Waals surface area contributed by atoms with Gasteiger partial charge in [-0.25, -0.2) is 0 Å². The Balaban J connectivity index is 1.70. The van der Waals surface area contributed by atoms with Gasteiger partial charge in [-0.3, -0.25) is 0 Å². The molecule has 1 N–H and O–H groups in total. The van der Waals surface area contributed by atoms with E-state index in [2.05, 4.69) is 48.3 Å². The molecule has 110 valence electrons. The van der Waals surface area contributed by atoms with E-state index in [-0.39, 0.29) is 0 Å². The van der Waals surface area contributed by atoms with E-state index in [1.165, 1.54) is 56.4 Å². The summed E-state index contributed by atoms with van der Waals surface area (Å²) in [5.41, 5.74) is 3.60. The maximum atomic E-state index is 3.63. The summed E-state index contributed by atoms with van der Waals surface area (Å²) in [6.45, 7) is 8.18. The van der Waals surface area contributed by atoms with Crippen LogP contribution in [0, 0.1) is 5.41 Å². The summed E-state index contributed by atoms with van der Waals surface area (Å²) in [7, 11) is 0. The fourth-order valence-corrected chi connectivity index (χ4v) is 3.99. The van der Waals surface area contributed by atoms with Gasteiger partial charge in [0, 0.05) is 30.2 Å². The van der Waals surface area contributed by atoms with Gasteiger partial charge in [0.05, 0.1) is 0 Å². The number of nitrogens with zero attached hydrogens (tertiary/aromatic N) is 1. The second-order valence-electron chi connectivity index (χ2n) is 6.80. The molecule has 2 aliphatic rings. The minimum atomic E-state index is 0.450. The van der Waals surface area contributed by atoms with Crippen LogP contribution in [0.2, 0.25) is 0 Å². The summed E-state index contributed by atoms with van der Waals surface area (Å²) >= 11 is 0. The average Bonchev–Trinajstić information content (AvgIpc) is 2.93. The van der Waals surface area contributed by atoms with Gasteiger partial charge in [0.2, 0.25) is 0 Å². The van der Waals surface area contributed by atoms with Crippen molar-refractivity contribution in [2.45, 2.75) is 52.0 Å². The third-order valence-corrected chi connectivity index (χ3v) is 5.16. The molecule has 2 heteroatoms. The Morgan fingerprint density at radius 3 is 2.60 bits per heavy atom. The Morgan fingerprint density at radius 2 is 1.90 bits per heavy atom. The molecule has 1 spiro atoms. The van der Waals surface area contributed by atoms with Crippen LogP contribution in [0.5, 0.6) is 0 Å². The number of hydrogen-bond donors (Lipinski definition) is 1. The highest BCUT2D eigenvalue weighted by molar-refractivity contribution is 5.57. The molecule has 2 fully saturated rings. The number of nitrogens with one attached hydrogen (secondary N) is 1. The van der Waals surface area contributed by atoms with Crippen LogP contribution >= 0.6 is 0 Å². The monoisotopic (exact) mass is 272 g/mol. The lowest BCUT2D eigenvalue weighted by Gasteiger charge is -2.50. The summed E-state index contributed by atoms with van der Waals surface area (Å²) in [5, 5.41) is 3.63. The molecule has 1 aliphatic carbocycles. The molecule has 2 nitrogen and oxygen atoms in total. The topological polar surface area (TPSA) is 15.3 Å². The molecule has 0 aromatic heterocycles. The van der Waals surface area contributed by atoms with E-state index in [1.54, 1.807) is 0 Å². The van der Waals surface area contributed by atoms with Crippen LogP contribution in [0.4, 0.5) is 5.69 Å². The maximum Gasteiger partial charge on any atom is 0.0415 e. The molecule has 1 aromatic carbocycles. The van der Waals surface area contributed by atoms with Gasteiger partial charge in [0.15, 0.2) is 0 Å². The largest absolute Gasteiger partial charge is 0.370 e. The lowest BCUT2D eigenvalue weighted by Crippen LogP contribution is -2.55. The standard InChI is InChI=1S/C18H28N2/c1-3-12-19-15(2)16-8-4-5-9-17(16)20-13-18(14-20)10-6-7-11-18/h4-5,8-9,15,19H,3,6-7,10-14H2,1-2H3. The van der Waals surface area contributed by atoms with Gasteiger partial charge in [0.1, 0.15) is 0 Å². The molecular formula is C18H28N2. The van der Waals surface area contributed by atoms with Crippen molar-refractivity contribution < 1.29 is 0 Å². The minimum Gasteiger partial charge on any atom is -0.370 e. The van der Waals surface area contributed by atoms with Crippen LogP contribution in [0.25, 0.3) is 0 Å². The Morgan fingerprint density at radius 1 is 1.20 bits per heavy atom. The number of para-hydroxylation sites is 1. The Hall–Kier alpha value is -1.02. The highest BCUT2D eigenvalue weighted by Gasteiger charge is 2.45. The summed E-state index contributed by atoms with van der Waals surface area (Å²) in [4.78, 5) is 2.60. The Labute approximate surface area is 123 Å². The zero-order chi connectivity index (χ0) is 14.0. The molecule has 1 atom stereocenters. The van der Waals surface area contributed by atoms with E-state index in [9.17, 15) is 0 Å². The van der Waals surface area contributed by atoms with Gasteiger partial charge in [-0.05, 0) is 44.4 Å². The number of rotatable bonds is 5. The molecule has 0 radical (unpaired) electrons. The first-order valence-electron chi connectivity index (χ1n) is 8.31. The molecular weight excluding hydrogens is 244 g/mol. The highest BCUT2D eigenvalue weighted by Crippen LogP contribution is 2.47. The lowest BCUT2D eigenvalue weighted by molar-refractivity contribution is 0.221. The van der Waals surface area contributed by atoms with Crippen molar-refractivity contribution in [3.63, 3.8) is 0 Å². The van der Waals surface area contributed by atoms with E-state index in [1.807, 2.05) is 0 Å². The first-order chi connectivity index (χ1) is 9.74. The average molecular weight is 272 g/mol. The summed E-state index contributed by atoms with van der Waals surface area (Å²) in [6.07, 6.45) is 7.00. The number of hydrogen-bond acceptors (Lipinski definition) is 2. The fourth-order valence-electron chi connectivity index (χ4n) is 3.99. The van der Waals surface area contributed by atoms with Crippen molar-refractivity contribution in [3.8, 4) is 0 Å². The molecule has 20 heavy (non-hydrogen) atoms. The van der Waals surface area contributed by atoms with Crippen molar-refractivity contribution in [2.75, 3.05) is 24.5 Å². The molecule has 1 aliphatic heterocycles. The van der Waals surface area contributed by atoms with E-state index in [0.29, 0.717) is 11.5 Å². The molecule has 0 bridgehead atoms. The van der Waals surface area contributed by atoms with E-state index in [4.69, 9.17) is 0 Å². The van der Waals surface area contributed by atoms with Crippen LogP contribution in [0.3, 0.4) is 0 Å². The van der Waals surface area contributed by atoms with Crippen molar-refractivity contribution >= 4 is 5.69 Å². The molecule has 1 heterocycles. The third kappa shape index (κ3) is 2.58. The second-order valence-corrected chi connectivity index (χ2v) is 6.80. The predicted octanol–water partition coefficient (Wildman–Crippen LogP) is 4.13. The fraction of sp³-hybridized carbons (Fsp3) is 0.667. The van der Waals surface area contributed by atoms with E-state index >= 15 is 0 Å². The molecule has 3 rings (SSSR count). The van der Waals surface area contributed by atoms with Gasteiger partial charge < -0.3 is 10.2 Å². The molecule has 1 saturated carbocycles. The van der Waals surface area contributed by atoms with Crippen LogP contribution in [0.15, 0.2) is 24.3 Å². The zero-order valence-electron chi connectivity index (χ0n) is 13.0. The van der Waals surface area contributed by atoms with Gasteiger partial charge in [-0.15, -0.1) is 0 Å². The highest BCUT2D eigenvalue weighted by atomic mass is 15.2. The maximum absolute atomic E-state index is 3.63. The van der Waals surface area contributed by atoms with Crippen molar-refractivity contribution in [1.82, 2.24) is 5.32 Å². The Bertz CT molecular complexity index is 440. The van der Waals surface area contributed by atoms with Gasteiger partial charge >= 0.3 is 0 Å². The summed E-state index contributed by atoms with van der Waals surface area (Å²) < 4.78 is 0. The third-order valence-electron chi connectivity index (χ3n) is 5.16. The molecule has 1 saturated heterocycles. The minimum absolute atomic E-state index is 0.450. The van der Waals surface area contributed by atoms with Crippen LogP contribution in [-0.4, -0.2) is 19.6 Å². The van der Waals surface area contributed by atoms with E-state index in [0.717, 1.165) is 6.54 Å². The first-order valence-corrected chi connectivity index (χ1v) is 8.31. The van der Waals surface area contributed by atoms with Crippen LogP contribution in [-0.2, 0) is 0 Å². The van der Waals surface area contributed by atoms with Crippen LogP contribution in [0.1, 0.15) is 57.6 Å². The predicted molar refractivity (Wildman–Crippen MR) is 86.3 cm³/mol. The zero-order valence-corrected chi connectivity index (χ0v) is 13.0. The number of benzene rings is 1. The van der Waals surface area contributed by atoms with Crippen molar-refractivity contribution in [1.29, 1.82) is 0 Å². The van der Waals surface area contributed by atoms with E-state index < -0.39 is 0 Å². The summed E-state index contributed by atoms with van der Waals surface area (Å²) in [5.74, 6) is 0. The lowest BCUT2D eigenvalue weighted by atomic mass is 9.77. The molecule has 1 aromatic rings. The van der Waals surface area contributed by atoms with Gasteiger partial charge in [0.25, 0.3) is 0 Å². The van der Waals surface area contributed by atoms with Crippen molar-refractivity contribution in [3.05, 3.63) is 29.8 Å². The van der Waals surface area contributed by atoms with Gasteiger partial charge in [-0.2, -0.15) is 0 Å². The first kappa shape index (κ1) is 13.9. The van der Waals surface area contributed by atoms with Crippen molar-refractivity contribution in [2.24, 2.45) is 5.41 Å².